The number of piperazine rings is 1. The highest BCUT2D eigenvalue weighted by molar-refractivity contribution is 5.81. The molecule has 0 bridgehead atoms. The fourth-order valence-corrected chi connectivity index (χ4v) is 4.18. The number of carbonyl (C=O) groups excluding carboxylic acids is 2. The molecule has 2 aromatic rings. The van der Waals surface area contributed by atoms with E-state index in [0.29, 0.717) is 45.2 Å². The van der Waals surface area contributed by atoms with Crippen LogP contribution in [-0.2, 0) is 9.59 Å². The normalized spacial score (nSPS) is 19.2. The maximum atomic E-state index is 13.1. The molecule has 0 spiro atoms. The van der Waals surface area contributed by atoms with Crippen LogP contribution < -0.4 is 9.64 Å². The highest BCUT2D eigenvalue weighted by atomic mass is 16.5. The molecule has 1 atom stereocenters. The predicted octanol–water partition coefficient (Wildman–Crippen LogP) is 1.83. The van der Waals surface area contributed by atoms with Gasteiger partial charge in [0.05, 0.1) is 18.9 Å². The average Bonchev–Trinajstić information content (AvgIpc) is 2.85. The average molecular weight is 424 g/mol. The second-order valence-electron chi connectivity index (χ2n) is 7.95. The molecule has 0 saturated carbocycles. The van der Waals surface area contributed by atoms with E-state index >= 15 is 0 Å². The number of amides is 2. The first-order chi connectivity index (χ1) is 15.2. The lowest BCUT2D eigenvalue weighted by Gasteiger charge is -2.39. The van der Waals surface area contributed by atoms with Crippen LogP contribution in [-0.4, -0.2) is 77.5 Å². The molecule has 0 radical (unpaired) electrons. The third-order valence-corrected chi connectivity index (χ3v) is 5.88. The van der Waals surface area contributed by atoms with E-state index in [1.165, 1.54) is 0 Å². The van der Waals surface area contributed by atoms with Crippen molar-refractivity contribution in [1.29, 1.82) is 0 Å². The number of hydrogen-bond donors (Lipinski definition) is 0. The second-order valence-corrected chi connectivity index (χ2v) is 7.95. The molecule has 1 aromatic carbocycles. The number of anilines is 1. The highest BCUT2D eigenvalue weighted by Gasteiger charge is 2.32. The molecule has 2 fully saturated rings. The largest absolute Gasteiger partial charge is 0.493 e. The van der Waals surface area contributed by atoms with Crippen molar-refractivity contribution in [2.24, 2.45) is 5.92 Å². The van der Waals surface area contributed by atoms with Crippen LogP contribution >= 0.6 is 0 Å². The zero-order valence-electron chi connectivity index (χ0n) is 17.7. The number of hydrogen-bond acceptors (Lipinski definition) is 6. The van der Waals surface area contributed by atoms with E-state index < -0.39 is 0 Å². The van der Waals surface area contributed by atoms with Crippen molar-refractivity contribution >= 4 is 17.8 Å². The number of likely N-dealkylation sites (tertiary alicyclic amines) is 1. The first-order valence-corrected chi connectivity index (χ1v) is 11.0. The number of ether oxygens (including phenoxy) is 1. The van der Waals surface area contributed by atoms with Crippen molar-refractivity contribution < 1.29 is 14.3 Å². The van der Waals surface area contributed by atoms with Crippen LogP contribution in [0, 0.1) is 5.92 Å². The van der Waals surface area contributed by atoms with Gasteiger partial charge in [0, 0.05) is 51.7 Å². The Kier molecular flexibility index (Phi) is 6.96. The molecule has 4 rings (SSSR count). The van der Waals surface area contributed by atoms with Gasteiger partial charge in [-0.3, -0.25) is 9.59 Å². The highest BCUT2D eigenvalue weighted by Crippen LogP contribution is 2.21. The minimum absolute atomic E-state index is 0.0551. The lowest BCUT2D eigenvalue weighted by molar-refractivity contribution is -0.141. The summed E-state index contributed by atoms with van der Waals surface area (Å²) in [6.45, 7) is 4.34. The maximum Gasteiger partial charge on any atom is 0.227 e. The van der Waals surface area contributed by atoms with Crippen LogP contribution in [0.1, 0.15) is 19.3 Å². The second kappa shape index (κ2) is 10.2. The summed E-state index contributed by atoms with van der Waals surface area (Å²) in [7, 11) is 0. The zero-order chi connectivity index (χ0) is 21.5. The summed E-state index contributed by atoms with van der Waals surface area (Å²) in [6, 6.07) is 11.3. The fraction of sp³-hybridized carbons (Fsp3) is 0.478. The van der Waals surface area contributed by atoms with Gasteiger partial charge >= 0.3 is 0 Å². The lowest BCUT2D eigenvalue weighted by Crippen LogP contribution is -2.53. The fourth-order valence-electron chi connectivity index (χ4n) is 4.18. The van der Waals surface area contributed by atoms with Crippen molar-refractivity contribution in [3.05, 3.63) is 48.8 Å². The molecule has 8 heteroatoms. The molecule has 2 saturated heterocycles. The molecule has 0 N–H and O–H groups in total. The van der Waals surface area contributed by atoms with E-state index in [2.05, 4.69) is 14.9 Å². The van der Waals surface area contributed by atoms with Crippen LogP contribution in [0.25, 0.3) is 0 Å². The van der Waals surface area contributed by atoms with Gasteiger partial charge in [-0.2, -0.15) is 0 Å². The third kappa shape index (κ3) is 5.51. The van der Waals surface area contributed by atoms with Gasteiger partial charge in [0.2, 0.25) is 17.8 Å². The van der Waals surface area contributed by atoms with Crippen LogP contribution in [0.15, 0.2) is 48.8 Å². The summed E-state index contributed by atoms with van der Waals surface area (Å²) in [5.74, 6) is 1.57. The number of rotatable bonds is 6. The van der Waals surface area contributed by atoms with E-state index in [1.54, 1.807) is 18.5 Å². The minimum atomic E-state index is -0.118. The minimum Gasteiger partial charge on any atom is -0.493 e. The Labute approximate surface area is 182 Å². The van der Waals surface area contributed by atoms with E-state index in [1.807, 2.05) is 40.1 Å². The smallest absolute Gasteiger partial charge is 0.227 e. The maximum absolute atomic E-state index is 13.1. The van der Waals surface area contributed by atoms with Gasteiger partial charge in [0.1, 0.15) is 5.75 Å². The van der Waals surface area contributed by atoms with Gasteiger partial charge in [-0.05, 0) is 31.0 Å². The molecule has 2 aliphatic heterocycles. The number of para-hydroxylation sites is 1. The van der Waals surface area contributed by atoms with E-state index in [-0.39, 0.29) is 17.7 Å². The molecule has 164 valence electrons. The monoisotopic (exact) mass is 423 g/mol. The Bertz CT molecular complexity index is 856. The van der Waals surface area contributed by atoms with E-state index in [9.17, 15) is 9.59 Å². The van der Waals surface area contributed by atoms with Gasteiger partial charge < -0.3 is 19.4 Å². The Morgan fingerprint density at radius 1 is 0.935 bits per heavy atom. The quantitative estimate of drug-likeness (QED) is 0.705. The number of piperidine rings is 1. The number of benzene rings is 1. The molecular formula is C23H29N5O3. The van der Waals surface area contributed by atoms with E-state index in [0.717, 1.165) is 31.7 Å². The molecule has 3 heterocycles. The summed E-state index contributed by atoms with van der Waals surface area (Å²) < 4.78 is 5.65. The molecule has 1 aromatic heterocycles. The summed E-state index contributed by atoms with van der Waals surface area (Å²) in [5, 5.41) is 0. The summed E-state index contributed by atoms with van der Waals surface area (Å²) in [5.41, 5.74) is 0. The zero-order valence-corrected chi connectivity index (χ0v) is 17.7. The molecule has 2 aliphatic rings. The molecule has 8 nitrogen and oxygen atoms in total. The van der Waals surface area contributed by atoms with Crippen LogP contribution in [0.3, 0.4) is 0 Å². The summed E-state index contributed by atoms with van der Waals surface area (Å²) in [6.07, 6.45) is 5.49. The third-order valence-electron chi connectivity index (χ3n) is 5.88. The van der Waals surface area contributed by atoms with Crippen molar-refractivity contribution in [3.63, 3.8) is 0 Å². The Balaban J connectivity index is 1.23. The van der Waals surface area contributed by atoms with Gasteiger partial charge in [-0.25, -0.2) is 9.97 Å². The summed E-state index contributed by atoms with van der Waals surface area (Å²) in [4.78, 5) is 40.2. The number of nitrogens with zero attached hydrogens (tertiary/aromatic N) is 5. The molecule has 0 aliphatic carbocycles. The SMILES string of the molecule is O=C(CCOc1ccccc1)N1CCCC(C(=O)N2CCN(c3ncccn3)CC2)C1. The Hall–Kier alpha value is -3.16. The van der Waals surface area contributed by atoms with Gasteiger partial charge in [-0.15, -0.1) is 0 Å². The van der Waals surface area contributed by atoms with Gasteiger partial charge in [0.15, 0.2) is 0 Å². The van der Waals surface area contributed by atoms with E-state index in [4.69, 9.17) is 4.74 Å². The molecular weight excluding hydrogens is 394 g/mol. The number of aromatic nitrogens is 2. The molecule has 31 heavy (non-hydrogen) atoms. The van der Waals surface area contributed by atoms with Gasteiger partial charge in [0.25, 0.3) is 0 Å². The standard InChI is InChI=1S/C23H29N5O3/c29-21(9-17-31-20-7-2-1-3-8-20)28-12-4-6-19(18-28)22(30)26-13-15-27(16-14-26)23-24-10-5-11-25-23/h1-3,5,7-8,10-11,19H,4,6,9,12-18H2. The lowest BCUT2D eigenvalue weighted by atomic mass is 9.96. The first-order valence-electron chi connectivity index (χ1n) is 11.0. The van der Waals surface area contributed by atoms with Crippen molar-refractivity contribution in [2.75, 3.05) is 50.8 Å². The Morgan fingerprint density at radius 2 is 1.68 bits per heavy atom. The molecule has 1 unspecified atom stereocenters. The predicted molar refractivity (Wildman–Crippen MR) is 117 cm³/mol. The van der Waals surface area contributed by atoms with Crippen LogP contribution in [0.5, 0.6) is 5.75 Å². The van der Waals surface area contributed by atoms with Crippen molar-refractivity contribution in [3.8, 4) is 5.75 Å². The Morgan fingerprint density at radius 3 is 2.42 bits per heavy atom. The number of carbonyl (C=O) groups is 2. The van der Waals surface area contributed by atoms with Gasteiger partial charge in [-0.1, -0.05) is 18.2 Å². The van der Waals surface area contributed by atoms with Crippen molar-refractivity contribution in [2.45, 2.75) is 19.3 Å². The topological polar surface area (TPSA) is 78.9 Å². The summed E-state index contributed by atoms with van der Waals surface area (Å²) >= 11 is 0. The first kappa shape index (κ1) is 21.1. The van der Waals surface area contributed by atoms with Crippen LogP contribution in [0.2, 0.25) is 0 Å². The molecule has 2 amide bonds. The van der Waals surface area contributed by atoms with Crippen LogP contribution in [0.4, 0.5) is 5.95 Å². The van der Waals surface area contributed by atoms with Crippen molar-refractivity contribution in [1.82, 2.24) is 19.8 Å².